The monoisotopic (exact) mass is 521 g/mol. The van der Waals surface area contributed by atoms with Crippen molar-refractivity contribution in [3.8, 4) is 0 Å². The standard InChI is InChI=1S/C27H26F3N7O/c1-34-10-9-20(14-27(34)38)36-11-8-19(32-36)3-4-21-15-31-25-6-7-26(33-37(21)25)35-16-18(29)13-24(35)22-12-17(28)2-5-23(22)30/h2-8,11-12,15,18,20,24H,9-10,13-14,16H2,1H3/b4-3+/t18-,20?,24+/m0/s1. The summed E-state index contributed by atoms with van der Waals surface area (Å²) in [5, 5.41) is 9.28. The van der Waals surface area contributed by atoms with Crippen molar-refractivity contribution in [2.45, 2.75) is 37.5 Å². The van der Waals surface area contributed by atoms with Crippen molar-refractivity contribution in [3.05, 3.63) is 77.4 Å². The van der Waals surface area contributed by atoms with Gasteiger partial charge in [-0.15, -0.1) is 5.10 Å². The molecule has 1 amide bonds. The first kappa shape index (κ1) is 24.2. The van der Waals surface area contributed by atoms with E-state index in [-0.39, 0.29) is 30.5 Å². The van der Waals surface area contributed by atoms with Gasteiger partial charge < -0.3 is 9.80 Å². The number of aromatic nitrogens is 5. The average molecular weight is 522 g/mol. The summed E-state index contributed by atoms with van der Waals surface area (Å²) in [5.41, 5.74) is 2.10. The van der Waals surface area contributed by atoms with Gasteiger partial charge in [-0.3, -0.25) is 9.48 Å². The van der Waals surface area contributed by atoms with Gasteiger partial charge in [-0.25, -0.2) is 22.7 Å². The predicted molar refractivity (Wildman–Crippen MR) is 136 cm³/mol. The van der Waals surface area contributed by atoms with Gasteiger partial charge in [0.25, 0.3) is 0 Å². The second-order valence-corrected chi connectivity index (χ2v) is 9.83. The van der Waals surface area contributed by atoms with E-state index in [1.165, 1.54) is 0 Å². The molecule has 2 fully saturated rings. The van der Waals surface area contributed by atoms with Crippen molar-refractivity contribution in [1.29, 1.82) is 0 Å². The number of fused-ring (bicyclic) bond motifs is 1. The van der Waals surface area contributed by atoms with E-state index in [2.05, 4.69) is 15.2 Å². The van der Waals surface area contributed by atoms with Crippen LogP contribution >= 0.6 is 0 Å². The lowest BCUT2D eigenvalue weighted by atomic mass is 10.0. The Morgan fingerprint density at radius 1 is 1.08 bits per heavy atom. The Kier molecular flexibility index (Phi) is 6.13. The Morgan fingerprint density at radius 3 is 2.79 bits per heavy atom. The van der Waals surface area contributed by atoms with E-state index < -0.39 is 23.8 Å². The van der Waals surface area contributed by atoms with Gasteiger partial charge in [0, 0.05) is 38.2 Å². The van der Waals surface area contributed by atoms with Gasteiger partial charge >= 0.3 is 0 Å². The molecule has 5 heterocycles. The first-order valence-electron chi connectivity index (χ1n) is 12.5. The molecular weight excluding hydrogens is 495 g/mol. The number of benzene rings is 1. The highest BCUT2D eigenvalue weighted by Crippen LogP contribution is 2.38. The van der Waals surface area contributed by atoms with Crippen molar-refractivity contribution < 1.29 is 18.0 Å². The molecule has 0 saturated carbocycles. The van der Waals surface area contributed by atoms with E-state index in [1.807, 2.05) is 36.1 Å². The summed E-state index contributed by atoms with van der Waals surface area (Å²) < 4.78 is 46.4. The predicted octanol–water partition coefficient (Wildman–Crippen LogP) is 4.46. The highest BCUT2D eigenvalue weighted by Gasteiger charge is 2.36. The molecule has 8 nitrogen and oxygen atoms in total. The molecule has 0 aliphatic carbocycles. The van der Waals surface area contributed by atoms with Crippen molar-refractivity contribution in [3.63, 3.8) is 0 Å². The van der Waals surface area contributed by atoms with Crippen LogP contribution in [-0.2, 0) is 4.79 Å². The summed E-state index contributed by atoms with van der Waals surface area (Å²) in [6.07, 6.45) is 7.33. The molecule has 2 aliphatic rings. The van der Waals surface area contributed by atoms with E-state index in [0.717, 1.165) is 30.3 Å². The number of hydrogen-bond donors (Lipinski definition) is 0. The maximum absolute atomic E-state index is 14.5. The highest BCUT2D eigenvalue weighted by molar-refractivity contribution is 5.77. The fourth-order valence-corrected chi connectivity index (χ4v) is 5.22. The summed E-state index contributed by atoms with van der Waals surface area (Å²) in [6, 6.07) is 7.95. The maximum atomic E-state index is 14.5. The fraction of sp³-hybridized carbons (Fsp3) is 0.333. The van der Waals surface area contributed by atoms with Crippen LogP contribution in [0.25, 0.3) is 17.8 Å². The SMILES string of the molecule is CN1CCC(n2ccc(/C=C/c3cnc4ccc(N5C[C@@H](F)C[C@@H]5c5cc(F)ccc5F)nn34)n2)CC1=O. The van der Waals surface area contributed by atoms with Crippen molar-refractivity contribution >= 4 is 29.5 Å². The van der Waals surface area contributed by atoms with Crippen LogP contribution in [0.1, 0.15) is 48.3 Å². The molecule has 2 saturated heterocycles. The molecule has 4 aromatic rings. The van der Waals surface area contributed by atoms with Crippen molar-refractivity contribution in [2.24, 2.45) is 0 Å². The quantitative estimate of drug-likeness (QED) is 0.388. The molecule has 196 valence electrons. The number of alkyl halides is 1. The molecule has 3 atom stereocenters. The molecular formula is C27H26F3N7O. The van der Waals surface area contributed by atoms with E-state index in [0.29, 0.717) is 30.1 Å². The van der Waals surface area contributed by atoms with Crippen LogP contribution < -0.4 is 4.90 Å². The molecule has 38 heavy (non-hydrogen) atoms. The third-order valence-corrected chi connectivity index (χ3v) is 7.30. The molecule has 0 N–H and O–H groups in total. The minimum absolute atomic E-state index is 0.0237. The minimum Gasteiger partial charge on any atom is -0.346 e. The molecule has 11 heteroatoms. The second kappa shape index (κ2) is 9.62. The van der Waals surface area contributed by atoms with Gasteiger partial charge in [0.15, 0.2) is 5.65 Å². The Balaban J connectivity index is 1.26. The number of imidazole rings is 1. The van der Waals surface area contributed by atoms with Gasteiger partial charge in [-0.05, 0) is 55.0 Å². The number of nitrogens with zero attached hydrogens (tertiary/aromatic N) is 7. The number of carbonyl (C=O) groups is 1. The summed E-state index contributed by atoms with van der Waals surface area (Å²) in [5.74, 6) is -0.595. The van der Waals surface area contributed by atoms with Crippen LogP contribution in [-0.4, -0.2) is 61.5 Å². The van der Waals surface area contributed by atoms with Crippen LogP contribution in [0.4, 0.5) is 19.0 Å². The van der Waals surface area contributed by atoms with Gasteiger partial charge in [0.05, 0.1) is 36.2 Å². The minimum atomic E-state index is -1.20. The number of rotatable bonds is 5. The zero-order chi connectivity index (χ0) is 26.4. The lowest BCUT2D eigenvalue weighted by Crippen LogP contribution is -2.36. The Bertz CT molecular complexity index is 1530. The third kappa shape index (κ3) is 4.52. The first-order chi connectivity index (χ1) is 18.4. The van der Waals surface area contributed by atoms with Crippen LogP contribution in [0, 0.1) is 11.6 Å². The summed E-state index contributed by atoms with van der Waals surface area (Å²) in [6.45, 7) is 0.729. The zero-order valence-electron chi connectivity index (χ0n) is 20.7. The van der Waals surface area contributed by atoms with E-state index >= 15 is 0 Å². The van der Waals surface area contributed by atoms with Crippen LogP contribution in [0.5, 0.6) is 0 Å². The van der Waals surface area contributed by atoms with Crippen LogP contribution in [0.3, 0.4) is 0 Å². The molecule has 1 aromatic carbocycles. The number of amides is 1. The summed E-state index contributed by atoms with van der Waals surface area (Å²) >= 11 is 0. The van der Waals surface area contributed by atoms with Crippen LogP contribution in [0.15, 0.2) is 48.8 Å². The molecule has 2 aliphatic heterocycles. The molecule has 3 aromatic heterocycles. The van der Waals surface area contributed by atoms with Gasteiger partial charge in [-0.1, -0.05) is 0 Å². The highest BCUT2D eigenvalue weighted by atomic mass is 19.1. The third-order valence-electron chi connectivity index (χ3n) is 7.30. The van der Waals surface area contributed by atoms with E-state index in [4.69, 9.17) is 0 Å². The number of hydrogen-bond acceptors (Lipinski definition) is 5. The second-order valence-electron chi connectivity index (χ2n) is 9.83. The maximum Gasteiger partial charge on any atom is 0.224 e. The molecule has 0 bridgehead atoms. The Morgan fingerprint density at radius 2 is 1.95 bits per heavy atom. The molecule has 1 unspecified atom stereocenters. The lowest BCUT2D eigenvalue weighted by molar-refractivity contribution is -0.133. The molecule has 0 spiro atoms. The Hall–Kier alpha value is -4.15. The van der Waals surface area contributed by atoms with Crippen molar-refractivity contribution in [1.82, 2.24) is 29.3 Å². The first-order valence-corrected chi connectivity index (χ1v) is 12.5. The summed E-state index contributed by atoms with van der Waals surface area (Å²) in [7, 11) is 1.81. The number of carbonyl (C=O) groups excluding carboxylic acids is 1. The number of piperidine rings is 1. The fourth-order valence-electron chi connectivity index (χ4n) is 5.22. The largest absolute Gasteiger partial charge is 0.346 e. The van der Waals surface area contributed by atoms with Gasteiger partial charge in [-0.2, -0.15) is 5.10 Å². The topological polar surface area (TPSA) is 71.6 Å². The van der Waals surface area contributed by atoms with Crippen LogP contribution in [0.2, 0.25) is 0 Å². The smallest absolute Gasteiger partial charge is 0.224 e. The van der Waals surface area contributed by atoms with Gasteiger partial charge in [0.2, 0.25) is 5.91 Å². The number of anilines is 1. The van der Waals surface area contributed by atoms with Crippen molar-refractivity contribution in [2.75, 3.05) is 25.0 Å². The summed E-state index contributed by atoms with van der Waals surface area (Å²) in [4.78, 5) is 19.9. The number of halogens is 3. The normalized spacial score (nSPS) is 22.3. The lowest BCUT2D eigenvalue weighted by Gasteiger charge is -2.28. The van der Waals surface area contributed by atoms with Gasteiger partial charge in [0.1, 0.15) is 23.6 Å². The zero-order valence-corrected chi connectivity index (χ0v) is 20.7. The Labute approximate surface area is 217 Å². The average Bonchev–Trinajstić information content (AvgIpc) is 3.64. The molecule has 6 rings (SSSR count). The van der Waals surface area contributed by atoms with E-state index in [9.17, 15) is 18.0 Å². The van der Waals surface area contributed by atoms with E-state index in [1.54, 1.807) is 32.6 Å². The number of likely N-dealkylation sites (tertiary alicyclic amines) is 1. The molecule has 0 radical (unpaired) electrons.